The van der Waals surface area contributed by atoms with Crippen LogP contribution in [0.1, 0.15) is 41.6 Å². The van der Waals surface area contributed by atoms with E-state index in [9.17, 15) is 14.4 Å². The zero-order valence-corrected chi connectivity index (χ0v) is 16.4. The van der Waals surface area contributed by atoms with E-state index in [1.54, 1.807) is 61.6 Å². The van der Waals surface area contributed by atoms with E-state index < -0.39 is 24.0 Å². The van der Waals surface area contributed by atoms with Crippen LogP contribution in [0.15, 0.2) is 54.6 Å². The van der Waals surface area contributed by atoms with Gasteiger partial charge in [0, 0.05) is 24.1 Å². The zero-order chi connectivity index (χ0) is 20.1. The molecule has 0 bridgehead atoms. The number of hydrogen-bond donors (Lipinski definition) is 0. The fraction of sp³-hybridized carbons (Fsp3) is 0.318. The molecule has 2 aromatic rings. The number of carbonyl (C=O) groups is 3. The van der Waals surface area contributed by atoms with E-state index in [0.29, 0.717) is 29.0 Å². The Morgan fingerprint density at radius 2 is 1.75 bits per heavy atom. The normalized spacial score (nSPS) is 19.1. The molecule has 1 aliphatic carbocycles. The lowest BCUT2D eigenvalue weighted by atomic mass is 9.74. The Hall–Kier alpha value is -2.66. The first-order chi connectivity index (χ1) is 13.5. The fourth-order valence-electron chi connectivity index (χ4n) is 3.72. The van der Waals surface area contributed by atoms with E-state index in [4.69, 9.17) is 16.3 Å². The molecule has 0 heterocycles. The molecule has 146 valence electrons. The van der Waals surface area contributed by atoms with E-state index in [1.165, 1.54) is 4.90 Å². The third-order valence-electron chi connectivity index (χ3n) is 5.26. The number of rotatable bonds is 5. The lowest BCUT2D eigenvalue weighted by molar-refractivity contribution is -0.150. The number of carbonyl (C=O) groups excluding carboxylic acids is 3. The summed E-state index contributed by atoms with van der Waals surface area (Å²) >= 11 is 6.39. The zero-order valence-electron chi connectivity index (χ0n) is 15.7. The predicted molar refractivity (Wildman–Crippen MR) is 106 cm³/mol. The van der Waals surface area contributed by atoms with Gasteiger partial charge in [-0.15, -0.1) is 0 Å². The van der Waals surface area contributed by atoms with Gasteiger partial charge in [-0.05, 0) is 37.5 Å². The van der Waals surface area contributed by atoms with Gasteiger partial charge < -0.3 is 9.64 Å². The smallest absolute Gasteiger partial charge is 0.338 e. The van der Waals surface area contributed by atoms with Gasteiger partial charge in [-0.1, -0.05) is 48.0 Å². The number of benzene rings is 2. The van der Waals surface area contributed by atoms with E-state index in [1.807, 2.05) is 0 Å². The summed E-state index contributed by atoms with van der Waals surface area (Å²) in [7, 11) is 1.57. The third kappa shape index (κ3) is 3.80. The average Bonchev–Trinajstić information content (AvgIpc) is 2.73. The summed E-state index contributed by atoms with van der Waals surface area (Å²) in [5.41, 5.74) is -0.147. The monoisotopic (exact) mass is 399 g/mol. The molecule has 28 heavy (non-hydrogen) atoms. The van der Waals surface area contributed by atoms with Gasteiger partial charge in [0.25, 0.3) is 5.91 Å². The number of esters is 1. The van der Waals surface area contributed by atoms with Gasteiger partial charge in [0.05, 0.1) is 5.56 Å². The first-order valence-electron chi connectivity index (χ1n) is 9.24. The minimum absolute atomic E-state index is 0.0444. The van der Waals surface area contributed by atoms with Gasteiger partial charge in [-0.3, -0.25) is 9.59 Å². The molecule has 0 aromatic heterocycles. The molecular weight excluding hydrogens is 378 g/mol. The average molecular weight is 400 g/mol. The van der Waals surface area contributed by atoms with Gasteiger partial charge in [0.15, 0.2) is 12.4 Å². The number of Topliss-reactive ketones (excluding diaryl/α,β-unsaturated/α-hetero) is 1. The molecule has 0 radical (unpaired) electrons. The second-order valence-electron chi connectivity index (χ2n) is 6.87. The number of halogens is 1. The lowest BCUT2D eigenvalue weighted by Gasteiger charge is -2.43. The molecular formula is C22H22ClNO4. The van der Waals surface area contributed by atoms with Crippen LogP contribution in [0.25, 0.3) is 0 Å². The van der Waals surface area contributed by atoms with Gasteiger partial charge >= 0.3 is 5.97 Å². The fourth-order valence-corrected chi connectivity index (χ4v) is 4.02. The van der Waals surface area contributed by atoms with Crippen LogP contribution in [-0.4, -0.2) is 36.2 Å². The van der Waals surface area contributed by atoms with Gasteiger partial charge in [0.1, 0.15) is 5.54 Å². The van der Waals surface area contributed by atoms with Crippen LogP contribution in [0, 0.1) is 0 Å². The molecule has 1 fully saturated rings. The summed E-state index contributed by atoms with van der Waals surface area (Å²) in [6.07, 6.45) is 2.46. The maximum Gasteiger partial charge on any atom is 0.338 e. The lowest BCUT2D eigenvalue weighted by Crippen LogP contribution is -2.55. The van der Waals surface area contributed by atoms with Crippen molar-refractivity contribution >= 4 is 29.3 Å². The van der Waals surface area contributed by atoms with Crippen molar-refractivity contribution in [2.75, 3.05) is 13.7 Å². The van der Waals surface area contributed by atoms with Crippen LogP contribution in [0.3, 0.4) is 0 Å². The van der Waals surface area contributed by atoms with Crippen LogP contribution in [0.5, 0.6) is 0 Å². The molecule has 6 heteroatoms. The van der Waals surface area contributed by atoms with Crippen molar-refractivity contribution in [3.63, 3.8) is 0 Å². The van der Waals surface area contributed by atoms with Crippen LogP contribution in [-0.2, 0) is 19.9 Å². The molecule has 1 atom stereocenters. The molecule has 1 aliphatic rings. The van der Waals surface area contributed by atoms with Gasteiger partial charge in [-0.2, -0.15) is 0 Å². The summed E-state index contributed by atoms with van der Waals surface area (Å²) in [5, 5.41) is 0.443. The highest BCUT2D eigenvalue weighted by Crippen LogP contribution is 2.42. The van der Waals surface area contributed by atoms with Crippen LogP contribution >= 0.6 is 11.6 Å². The number of ether oxygens (including phenoxy) is 1. The van der Waals surface area contributed by atoms with E-state index in [0.717, 1.165) is 12.8 Å². The number of nitrogens with zero attached hydrogens (tertiary/aromatic N) is 1. The standard InChI is InChI=1S/C22H22ClNO4/c1-24(20(26)15-28-21(27)16-9-3-2-4-10-16)22(14-8-7-13-19(22)25)17-11-5-6-12-18(17)23/h2-6,9-12H,7-8,13-15H2,1H3/t22-/m0/s1. The highest BCUT2D eigenvalue weighted by molar-refractivity contribution is 6.31. The topological polar surface area (TPSA) is 63.7 Å². The predicted octanol–water partition coefficient (Wildman–Crippen LogP) is 3.99. The summed E-state index contributed by atoms with van der Waals surface area (Å²) < 4.78 is 5.17. The second kappa shape index (κ2) is 8.57. The van der Waals surface area contributed by atoms with Crippen molar-refractivity contribution in [2.45, 2.75) is 31.2 Å². The highest BCUT2D eigenvalue weighted by Gasteiger charge is 2.47. The maximum atomic E-state index is 13.0. The molecule has 1 saturated carbocycles. The van der Waals surface area contributed by atoms with Gasteiger partial charge in [-0.25, -0.2) is 4.79 Å². The Bertz CT molecular complexity index is 883. The Labute approximate surface area is 169 Å². The summed E-state index contributed by atoms with van der Waals surface area (Å²) in [5.74, 6) is -1.07. The Morgan fingerprint density at radius 1 is 1.07 bits per heavy atom. The Morgan fingerprint density at radius 3 is 2.43 bits per heavy atom. The number of hydrogen-bond acceptors (Lipinski definition) is 4. The van der Waals surface area contributed by atoms with Crippen LogP contribution in [0.4, 0.5) is 0 Å². The van der Waals surface area contributed by atoms with Crippen LogP contribution < -0.4 is 0 Å². The number of amides is 1. The Kier molecular flexibility index (Phi) is 6.15. The minimum Gasteiger partial charge on any atom is -0.452 e. The third-order valence-corrected chi connectivity index (χ3v) is 5.59. The van der Waals surface area contributed by atoms with E-state index >= 15 is 0 Å². The van der Waals surface area contributed by atoms with Crippen LogP contribution in [0.2, 0.25) is 5.02 Å². The van der Waals surface area contributed by atoms with Crippen molar-refractivity contribution in [2.24, 2.45) is 0 Å². The first kappa shape index (κ1) is 20.1. The molecule has 0 spiro atoms. The first-order valence-corrected chi connectivity index (χ1v) is 9.62. The molecule has 0 aliphatic heterocycles. The van der Waals surface area contributed by atoms with Crippen molar-refractivity contribution in [3.8, 4) is 0 Å². The van der Waals surface area contributed by atoms with Crippen molar-refractivity contribution in [1.29, 1.82) is 0 Å². The quantitative estimate of drug-likeness (QED) is 0.713. The van der Waals surface area contributed by atoms with Crippen molar-refractivity contribution < 1.29 is 19.1 Å². The molecule has 0 N–H and O–H groups in total. The highest BCUT2D eigenvalue weighted by atomic mass is 35.5. The molecule has 5 nitrogen and oxygen atoms in total. The van der Waals surface area contributed by atoms with Crippen molar-refractivity contribution in [1.82, 2.24) is 4.90 Å². The summed E-state index contributed by atoms with van der Waals surface area (Å²) in [6, 6.07) is 15.6. The molecule has 0 saturated heterocycles. The summed E-state index contributed by atoms with van der Waals surface area (Å²) in [4.78, 5) is 39.4. The molecule has 0 unspecified atom stereocenters. The number of ketones is 1. The summed E-state index contributed by atoms with van der Waals surface area (Å²) in [6.45, 7) is -0.441. The molecule has 3 rings (SSSR count). The minimum atomic E-state index is -1.13. The molecule has 2 aromatic carbocycles. The number of likely N-dealkylation sites (N-methyl/N-ethyl adjacent to an activating group) is 1. The second-order valence-corrected chi connectivity index (χ2v) is 7.27. The van der Waals surface area contributed by atoms with E-state index in [-0.39, 0.29) is 5.78 Å². The largest absolute Gasteiger partial charge is 0.452 e. The van der Waals surface area contributed by atoms with Gasteiger partial charge in [0.2, 0.25) is 0 Å². The van der Waals surface area contributed by atoms with E-state index in [2.05, 4.69) is 0 Å². The Balaban J connectivity index is 1.82. The van der Waals surface area contributed by atoms with Crippen molar-refractivity contribution in [3.05, 3.63) is 70.7 Å². The SMILES string of the molecule is CN(C(=O)COC(=O)c1ccccc1)[C@]1(c2ccccc2Cl)CCCCC1=O. The molecule has 1 amide bonds. The maximum absolute atomic E-state index is 13.0.